The molecule has 0 bridgehead atoms. The van der Waals surface area contributed by atoms with Crippen LogP contribution in [0.5, 0.6) is 0 Å². The molecule has 0 saturated heterocycles. The van der Waals surface area contributed by atoms with Gasteiger partial charge in [-0.3, -0.25) is 9.35 Å². The summed E-state index contributed by atoms with van der Waals surface area (Å²) in [5.41, 5.74) is 0. The van der Waals surface area contributed by atoms with E-state index >= 15 is 0 Å². The number of ether oxygens (including phenoxy) is 2. The van der Waals surface area contributed by atoms with Gasteiger partial charge in [0.1, 0.15) is 0 Å². The Kier molecular flexibility index (Phi) is 28.8. The van der Waals surface area contributed by atoms with Crippen LogP contribution in [0.4, 0.5) is 0 Å². The molecule has 0 aromatic heterocycles. The van der Waals surface area contributed by atoms with Crippen molar-refractivity contribution in [3.8, 4) is 0 Å². The molecule has 0 fully saturated rings. The number of esters is 2. The summed E-state index contributed by atoms with van der Waals surface area (Å²) in [5, 5.41) is 9.66. The summed E-state index contributed by atoms with van der Waals surface area (Å²) in [6.45, 7) is 2.24. The van der Waals surface area contributed by atoms with Gasteiger partial charge >= 0.3 is 41.5 Å². The smallest absolute Gasteiger partial charge is 1.00 e. The van der Waals surface area contributed by atoms with Crippen molar-refractivity contribution in [2.24, 2.45) is 0 Å². The molecule has 2 N–H and O–H groups in total. The van der Waals surface area contributed by atoms with Gasteiger partial charge in [-0.15, -0.1) is 0 Å². The third kappa shape index (κ3) is 30.2. The molecule has 0 aliphatic carbocycles. The summed E-state index contributed by atoms with van der Waals surface area (Å²) in [6, 6.07) is 0. The van der Waals surface area contributed by atoms with E-state index in [4.69, 9.17) is 9.29 Å². The second kappa shape index (κ2) is 27.4. The first-order valence-corrected chi connectivity index (χ1v) is 15.8. The van der Waals surface area contributed by atoms with Crippen LogP contribution in [-0.2, 0) is 29.2 Å². The maximum atomic E-state index is 11.7. The number of hydrogen-bond donors (Lipinski definition) is 2. The van der Waals surface area contributed by atoms with E-state index in [1.807, 2.05) is 0 Å². The van der Waals surface area contributed by atoms with E-state index in [-0.39, 0.29) is 50.6 Å². The van der Waals surface area contributed by atoms with Crippen LogP contribution in [0.2, 0.25) is 0 Å². The Bertz CT molecular complexity index is 649. The SMILES string of the molecule is CCCCCCCCCCCCCCCCCCCCOC(=O)CC(O)C(=O)OCCCS(=O)(=O)O.[H-].[Na+]. The average molecular weight is 561 g/mol. The minimum atomic E-state index is -4.12. The van der Waals surface area contributed by atoms with Gasteiger partial charge in [0.2, 0.25) is 0 Å². The molecule has 37 heavy (non-hydrogen) atoms. The molecule has 1 atom stereocenters. The molecule has 10 heteroatoms. The molecule has 0 radical (unpaired) electrons. The molecule has 0 amide bonds. The molecule has 0 aliphatic heterocycles. The molecule has 0 heterocycles. The predicted molar refractivity (Wildman–Crippen MR) is 143 cm³/mol. The zero-order valence-electron chi connectivity index (χ0n) is 24.6. The number of aliphatic hydroxyl groups is 1. The fourth-order valence-corrected chi connectivity index (χ4v) is 4.48. The summed E-state index contributed by atoms with van der Waals surface area (Å²) in [5.74, 6) is -2.24. The van der Waals surface area contributed by atoms with Crippen LogP contribution in [-0.4, -0.2) is 55.1 Å². The molecule has 0 aromatic rings. The van der Waals surface area contributed by atoms with Gasteiger partial charge in [-0.05, 0) is 12.8 Å². The van der Waals surface area contributed by atoms with Crippen molar-refractivity contribution in [1.82, 2.24) is 0 Å². The quantitative estimate of drug-likeness (QED) is 0.0714. The first-order chi connectivity index (χ1) is 17.3. The molecule has 8 nitrogen and oxygen atoms in total. The van der Waals surface area contributed by atoms with E-state index < -0.39 is 40.3 Å². The van der Waals surface area contributed by atoms with Crippen molar-refractivity contribution in [2.75, 3.05) is 19.0 Å². The third-order valence-corrected chi connectivity index (χ3v) is 6.99. The monoisotopic (exact) mass is 560 g/mol. The first-order valence-electron chi connectivity index (χ1n) is 14.2. The van der Waals surface area contributed by atoms with Crippen LogP contribution < -0.4 is 29.6 Å². The summed E-state index contributed by atoms with van der Waals surface area (Å²) in [7, 11) is -4.12. The van der Waals surface area contributed by atoms with Crippen LogP contribution in [0.25, 0.3) is 0 Å². The molecule has 0 spiro atoms. The molecule has 0 aliphatic rings. The number of carbonyl (C=O) groups excluding carboxylic acids is 2. The summed E-state index contributed by atoms with van der Waals surface area (Å²) >= 11 is 0. The topological polar surface area (TPSA) is 127 Å². The van der Waals surface area contributed by atoms with Crippen LogP contribution >= 0.6 is 0 Å². The van der Waals surface area contributed by atoms with Gasteiger partial charge in [0, 0.05) is 0 Å². The molecule has 0 aromatic carbocycles. The first kappa shape index (κ1) is 39.0. The minimum absolute atomic E-state index is 0. The van der Waals surface area contributed by atoms with E-state index in [1.54, 1.807) is 0 Å². The Morgan fingerprint density at radius 3 is 1.46 bits per heavy atom. The minimum Gasteiger partial charge on any atom is -1.00 e. The van der Waals surface area contributed by atoms with Gasteiger partial charge in [0.05, 0.1) is 25.4 Å². The van der Waals surface area contributed by atoms with E-state index in [2.05, 4.69) is 11.7 Å². The standard InChI is InChI=1S/C27H52O8S.Na.H/c1-2-3-4-5-6-7-8-9-10-11-12-13-14-15-16-17-18-19-21-34-26(29)24-25(28)27(30)35-22-20-23-36(31,32)33;;/h25,28H,2-24H2,1H3,(H,31,32,33);;/q;+1;-1. The molecule has 1 unspecified atom stereocenters. The van der Waals surface area contributed by atoms with Crippen molar-refractivity contribution in [3.63, 3.8) is 0 Å². The van der Waals surface area contributed by atoms with E-state index in [0.717, 1.165) is 19.3 Å². The van der Waals surface area contributed by atoms with E-state index in [0.29, 0.717) is 0 Å². The summed E-state index contributed by atoms with van der Waals surface area (Å²) in [4.78, 5) is 23.3. The maximum Gasteiger partial charge on any atom is 1.00 e. The Hall–Kier alpha value is -0.190. The number of carbonyl (C=O) groups is 2. The van der Waals surface area contributed by atoms with Crippen molar-refractivity contribution in [1.29, 1.82) is 0 Å². The second-order valence-electron chi connectivity index (χ2n) is 9.76. The second-order valence-corrected chi connectivity index (χ2v) is 11.3. The number of rotatable bonds is 26. The summed E-state index contributed by atoms with van der Waals surface area (Å²) in [6.07, 6.45) is 20.8. The molecular weight excluding hydrogens is 507 g/mol. The van der Waals surface area contributed by atoms with Crippen molar-refractivity contribution in [2.45, 2.75) is 141 Å². The zero-order valence-corrected chi connectivity index (χ0v) is 26.4. The van der Waals surface area contributed by atoms with Gasteiger partial charge in [-0.1, -0.05) is 116 Å². The Morgan fingerprint density at radius 2 is 1.05 bits per heavy atom. The molecule has 0 rings (SSSR count). The third-order valence-electron chi connectivity index (χ3n) is 6.18. The largest absolute Gasteiger partial charge is 1.00 e. The van der Waals surface area contributed by atoms with E-state index in [9.17, 15) is 23.1 Å². The Labute approximate surface area is 249 Å². The van der Waals surface area contributed by atoms with Gasteiger partial charge < -0.3 is 16.0 Å². The van der Waals surface area contributed by atoms with Gasteiger partial charge in [-0.2, -0.15) is 8.42 Å². The number of unbranched alkanes of at least 4 members (excludes halogenated alkanes) is 17. The molecular formula is C27H53NaO8S. The Morgan fingerprint density at radius 1 is 0.676 bits per heavy atom. The van der Waals surface area contributed by atoms with Gasteiger partial charge in [-0.25, -0.2) is 4.79 Å². The normalized spacial score (nSPS) is 12.1. The van der Waals surface area contributed by atoms with Crippen LogP contribution in [0, 0.1) is 0 Å². The predicted octanol–water partition coefficient (Wildman–Crippen LogP) is 3.26. The summed E-state index contributed by atoms with van der Waals surface area (Å²) < 4.78 is 39.4. The Balaban J connectivity index is -0.00000612. The van der Waals surface area contributed by atoms with Crippen LogP contribution in [0.15, 0.2) is 0 Å². The van der Waals surface area contributed by atoms with E-state index in [1.165, 1.54) is 96.3 Å². The zero-order chi connectivity index (χ0) is 26.9. The molecule has 216 valence electrons. The van der Waals surface area contributed by atoms with Gasteiger partial charge in [0.15, 0.2) is 6.10 Å². The average Bonchev–Trinajstić information content (AvgIpc) is 2.82. The van der Waals surface area contributed by atoms with Crippen LogP contribution in [0.3, 0.4) is 0 Å². The maximum absolute atomic E-state index is 11.7. The fraction of sp³-hybridized carbons (Fsp3) is 0.926. The fourth-order valence-electron chi connectivity index (χ4n) is 4.00. The number of aliphatic hydroxyl groups excluding tert-OH is 1. The molecule has 0 saturated carbocycles. The van der Waals surface area contributed by atoms with Crippen LogP contribution in [0.1, 0.15) is 137 Å². The van der Waals surface area contributed by atoms with Crippen molar-refractivity contribution >= 4 is 22.1 Å². The van der Waals surface area contributed by atoms with Gasteiger partial charge in [0.25, 0.3) is 10.1 Å². The van der Waals surface area contributed by atoms with Crippen molar-refractivity contribution < 1.29 is 68.1 Å². The van der Waals surface area contributed by atoms with Crippen molar-refractivity contribution in [3.05, 3.63) is 0 Å². The number of hydrogen-bond acceptors (Lipinski definition) is 7.